The van der Waals surface area contributed by atoms with Crippen molar-refractivity contribution in [3.05, 3.63) is 0 Å². The maximum absolute atomic E-state index is 12.5. The fourth-order valence-corrected chi connectivity index (χ4v) is 0.717. The van der Waals surface area contributed by atoms with Crippen molar-refractivity contribution >= 4 is 0 Å². The molecule has 86 valence electrons. The molecule has 0 saturated carbocycles. The molecule has 14 heavy (non-hydrogen) atoms. The second kappa shape index (κ2) is 7.09. The van der Waals surface area contributed by atoms with Crippen molar-refractivity contribution in [2.24, 2.45) is 11.7 Å². The lowest BCUT2D eigenvalue weighted by molar-refractivity contribution is -0.0793. The molecule has 0 atom stereocenters. The summed E-state index contributed by atoms with van der Waals surface area (Å²) in [6.07, 6.45) is 0. The molecule has 0 rings (SSSR count). The van der Waals surface area contributed by atoms with Crippen LogP contribution in [0.15, 0.2) is 0 Å². The molecule has 0 spiro atoms. The van der Waals surface area contributed by atoms with E-state index in [9.17, 15) is 8.78 Å². The molecule has 5 heteroatoms. The maximum atomic E-state index is 12.5. The van der Waals surface area contributed by atoms with Gasteiger partial charge in [-0.1, -0.05) is 13.8 Å². The van der Waals surface area contributed by atoms with Crippen LogP contribution in [0.5, 0.6) is 0 Å². The van der Waals surface area contributed by atoms with E-state index in [1.807, 2.05) is 13.8 Å². The molecule has 0 bridgehead atoms. The summed E-state index contributed by atoms with van der Waals surface area (Å²) in [7, 11) is 0. The fourth-order valence-electron chi connectivity index (χ4n) is 0.717. The number of rotatable bonds is 8. The van der Waals surface area contributed by atoms with Crippen LogP contribution in [0.1, 0.15) is 13.8 Å². The van der Waals surface area contributed by atoms with E-state index < -0.39 is 19.1 Å². The number of nitrogens with two attached hydrogens (primary N) is 1. The van der Waals surface area contributed by atoms with Gasteiger partial charge in [-0.25, -0.2) is 8.78 Å². The van der Waals surface area contributed by atoms with Gasteiger partial charge in [-0.3, -0.25) is 0 Å². The van der Waals surface area contributed by atoms with Crippen molar-refractivity contribution in [3.8, 4) is 0 Å². The summed E-state index contributed by atoms with van der Waals surface area (Å²) in [6, 6.07) is 0. The molecule has 0 aliphatic carbocycles. The van der Waals surface area contributed by atoms with Crippen LogP contribution in [-0.2, 0) is 9.47 Å². The largest absolute Gasteiger partial charge is 0.379 e. The van der Waals surface area contributed by atoms with E-state index in [0.717, 1.165) is 0 Å². The van der Waals surface area contributed by atoms with E-state index in [-0.39, 0.29) is 6.61 Å². The topological polar surface area (TPSA) is 44.5 Å². The first-order chi connectivity index (χ1) is 6.48. The van der Waals surface area contributed by atoms with Gasteiger partial charge in [-0.2, -0.15) is 0 Å². The summed E-state index contributed by atoms with van der Waals surface area (Å²) in [5.74, 6) is -2.47. The third-order valence-electron chi connectivity index (χ3n) is 1.44. The average Bonchev–Trinajstić information content (AvgIpc) is 2.10. The first-order valence-corrected chi connectivity index (χ1v) is 4.71. The maximum Gasteiger partial charge on any atom is 0.282 e. The minimum atomic E-state index is -2.92. The van der Waals surface area contributed by atoms with E-state index in [0.29, 0.717) is 19.1 Å². The van der Waals surface area contributed by atoms with Gasteiger partial charge in [0.2, 0.25) is 0 Å². The monoisotopic (exact) mass is 211 g/mol. The van der Waals surface area contributed by atoms with E-state index >= 15 is 0 Å². The fraction of sp³-hybridized carbons (Fsp3) is 1.00. The summed E-state index contributed by atoms with van der Waals surface area (Å²) in [5.41, 5.74) is 4.83. The van der Waals surface area contributed by atoms with Crippen LogP contribution in [0.3, 0.4) is 0 Å². The molecule has 0 aromatic heterocycles. The highest BCUT2D eigenvalue weighted by atomic mass is 19.3. The SMILES string of the molecule is CC(C)COCCOCC(F)(F)CN. The van der Waals surface area contributed by atoms with Gasteiger partial charge in [0.25, 0.3) is 5.92 Å². The Morgan fingerprint density at radius 1 is 1.21 bits per heavy atom. The molecular formula is C9H19F2NO2. The van der Waals surface area contributed by atoms with Crippen LogP contribution >= 0.6 is 0 Å². The Morgan fingerprint density at radius 2 is 1.79 bits per heavy atom. The molecule has 0 unspecified atom stereocenters. The van der Waals surface area contributed by atoms with Crippen LogP contribution in [0.2, 0.25) is 0 Å². The number of halogens is 2. The van der Waals surface area contributed by atoms with Crippen LogP contribution < -0.4 is 5.73 Å². The molecule has 0 aliphatic rings. The zero-order valence-electron chi connectivity index (χ0n) is 8.76. The van der Waals surface area contributed by atoms with Crippen LogP contribution in [0, 0.1) is 5.92 Å². The lowest BCUT2D eigenvalue weighted by Gasteiger charge is -2.14. The number of ether oxygens (including phenoxy) is 2. The second-order valence-corrected chi connectivity index (χ2v) is 3.58. The van der Waals surface area contributed by atoms with Crippen LogP contribution in [0.25, 0.3) is 0 Å². The zero-order chi connectivity index (χ0) is 11.0. The standard InChI is InChI=1S/C9H19F2NO2/c1-8(2)5-13-3-4-14-7-9(10,11)6-12/h8H,3-7,12H2,1-2H3. The molecule has 0 saturated heterocycles. The predicted molar refractivity (Wildman–Crippen MR) is 50.5 cm³/mol. The number of alkyl halides is 2. The number of hydrogen-bond donors (Lipinski definition) is 1. The quantitative estimate of drug-likeness (QED) is 0.615. The van der Waals surface area contributed by atoms with Gasteiger partial charge < -0.3 is 15.2 Å². The number of hydrogen-bond acceptors (Lipinski definition) is 3. The highest BCUT2D eigenvalue weighted by Crippen LogP contribution is 2.10. The minimum absolute atomic E-state index is 0.183. The van der Waals surface area contributed by atoms with Crippen molar-refractivity contribution in [2.75, 3.05) is 33.0 Å². The van der Waals surface area contributed by atoms with Gasteiger partial charge in [0.05, 0.1) is 19.8 Å². The highest BCUT2D eigenvalue weighted by molar-refractivity contribution is 4.64. The Morgan fingerprint density at radius 3 is 2.29 bits per heavy atom. The van der Waals surface area contributed by atoms with E-state index in [1.54, 1.807) is 0 Å². The highest BCUT2D eigenvalue weighted by Gasteiger charge is 2.26. The van der Waals surface area contributed by atoms with Crippen molar-refractivity contribution < 1.29 is 18.3 Å². The average molecular weight is 211 g/mol. The van der Waals surface area contributed by atoms with Crippen molar-refractivity contribution in [1.82, 2.24) is 0 Å². The van der Waals surface area contributed by atoms with E-state index in [4.69, 9.17) is 15.2 Å². The van der Waals surface area contributed by atoms with E-state index in [2.05, 4.69) is 0 Å². The van der Waals surface area contributed by atoms with Crippen molar-refractivity contribution in [2.45, 2.75) is 19.8 Å². The molecule has 0 aromatic carbocycles. The summed E-state index contributed by atoms with van der Waals surface area (Å²) in [6.45, 7) is 3.87. The van der Waals surface area contributed by atoms with E-state index in [1.165, 1.54) is 0 Å². The molecule has 0 aromatic rings. The Bertz CT molecular complexity index is 143. The summed E-state index contributed by atoms with van der Waals surface area (Å²) < 4.78 is 34.9. The third kappa shape index (κ3) is 8.34. The summed E-state index contributed by atoms with van der Waals surface area (Å²) >= 11 is 0. The molecular weight excluding hydrogens is 192 g/mol. The summed E-state index contributed by atoms with van der Waals surface area (Å²) in [4.78, 5) is 0. The Kier molecular flexibility index (Phi) is 6.96. The van der Waals surface area contributed by atoms with Crippen LogP contribution in [0.4, 0.5) is 8.78 Å². The molecule has 0 fully saturated rings. The van der Waals surface area contributed by atoms with Gasteiger partial charge in [-0.05, 0) is 5.92 Å². The minimum Gasteiger partial charge on any atom is -0.379 e. The Hall–Kier alpha value is -0.260. The zero-order valence-corrected chi connectivity index (χ0v) is 8.76. The Balaban J connectivity index is 3.21. The Labute approximate surface area is 83.6 Å². The molecule has 0 amide bonds. The van der Waals surface area contributed by atoms with Gasteiger partial charge in [-0.15, -0.1) is 0 Å². The van der Waals surface area contributed by atoms with Crippen LogP contribution in [-0.4, -0.2) is 38.9 Å². The van der Waals surface area contributed by atoms with Gasteiger partial charge in [0, 0.05) is 6.61 Å². The van der Waals surface area contributed by atoms with Crippen molar-refractivity contribution in [1.29, 1.82) is 0 Å². The van der Waals surface area contributed by atoms with Gasteiger partial charge in [0.15, 0.2) is 0 Å². The summed E-state index contributed by atoms with van der Waals surface area (Å²) in [5, 5.41) is 0. The predicted octanol–water partition coefficient (Wildman–Crippen LogP) is 1.27. The second-order valence-electron chi connectivity index (χ2n) is 3.58. The molecule has 3 nitrogen and oxygen atoms in total. The van der Waals surface area contributed by atoms with Gasteiger partial charge in [0.1, 0.15) is 6.61 Å². The first-order valence-electron chi connectivity index (χ1n) is 4.71. The lowest BCUT2D eigenvalue weighted by Crippen LogP contribution is -2.33. The van der Waals surface area contributed by atoms with Gasteiger partial charge >= 0.3 is 0 Å². The molecule has 2 N–H and O–H groups in total. The lowest BCUT2D eigenvalue weighted by atomic mass is 10.2. The third-order valence-corrected chi connectivity index (χ3v) is 1.44. The van der Waals surface area contributed by atoms with Crippen molar-refractivity contribution in [3.63, 3.8) is 0 Å². The molecule has 0 radical (unpaired) electrons. The molecule has 0 aliphatic heterocycles. The normalized spacial score (nSPS) is 12.4. The molecule has 0 heterocycles. The first kappa shape index (κ1) is 13.7. The smallest absolute Gasteiger partial charge is 0.282 e.